The Kier molecular flexibility index (Phi) is 8.20. The molecule has 4 rings (SSSR count). The minimum Gasteiger partial charge on any atom is -0.506 e. The molecule has 0 aliphatic rings. The average Bonchev–Trinajstić information content (AvgIpc) is 2.82. The van der Waals surface area contributed by atoms with Gasteiger partial charge in [0.15, 0.2) is 0 Å². The fourth-order valence-corrected chi connectivity index (χ4v) is 3.99. The van der Waals surface area contributed by atoms with Gasteiger partial charge < -0.3 is 16.6 Å². The third-order valence-corrected chi connectivity index (χ3v) is 5.93. The smallest absolute Gasteiger partial charge is 0.295 e. The molecule has 0 saturated heterocycles. The summed E-state index contributed by atoms with van der Waals surface area (Å²) < 4.78 is 32.9. The molecule has 0 fully saturated rings. The van der Waals surface area contributed by atoms with Crippen molar-refractivity contribution < 1.29 is 23.0 Å². The molecule has 6 N–H and O–H groups in total. The van der Waals surface area contributed by atoms with Gasteiger partial charge >= 0.3 is 0 Å². The minimum atomic E-state index is -4.45. The van der Waals surface area contributed by atoms with Crippen molar-refractivity contribution in [1.29, 1.82) is 0 Å². The van der Waals surface area contributed by atoms with E-state index in [1.54, 1.807) is 18.2 Å². The molecule has 1 radical (unpaired) electrons. The third-order valence-electron chi connectivity index (χ3n) is 5.01. The summed E-state index contributed by atoms with van der Waals surface area (Å²) in [4.78, 5) is 10.1. The van der Waals surface area contributed by atoms with Crippen LogP contribution in [-0.4, -0.2) is 52.6 Å². The van der Waals surface area contributed by atoms with Crippen molar-refractivity contribution in [2.24, 2.45) is 20.5 Å². The second-order valence-corrected chi connectivity index (χ2v) is 8.79. The Morgan fingerprint density at radius 3 is 1.95 bits per heavy atom. The number of hydrogen-bond acceptors (Lipinski definition) is 11. The topological polar surface area (TPSA) is 219 Å². The number of nitro benzene ring substituents is 1. The van der Waals surface area contributed by atoms with Crippen LogP contribution in [0.5, 0.6) is 5.75 Å². The van der Waals surface area contributed by atoms with Crippen LogP contribution in [0.2, 0.25) is 0 Å². The van der Waals surface area contributed by atoms with E-state index in [9.17, 15) is 28.2 Å². The number of nitro groups is 1. The van der Waals surface area contributed by atoms with E-state index in [0.717, 1.165) is 18.2 Å². The van der Waals surface area contributed by atoms with E-state index >= 15 is 0 Å². The maximum absolute atomic E-state index is 11.7. The molecule has 4 aromatic rings. The number of azo groups is 2. The number of non-ortho nitro benzene ring substituents is 1. The number of benzene rings is 4. The van der Waals surface area contributed by atoms with Crippen molar-refractivity contribution in [3.8, 4) is 5.75 Å². The molecular weight excluding hydrogens is 513 g/mol. The van der Waals surface area contributed by atoms with E-state index in [1.807, 2.05) is 0 Å². The van der Waals surface area contributed by atoms with Crippen molar-refractivity contribution in [3.05, 3.63) is 76.8 Å². The Hall–Kier alpha value is -3.95. The van der Waals surface area contributed by atoms with Crippen LogP contribution in [0.4, 0.5) is 39.8 Å². The molecule has 37 heavy (non-hydrogen) atoms. The number of hydrogen-bond donors (Lipinski definition) is 4. The summed E-state index contributed by atoms with van der Waals surface area (Å²) in [7, 11) is -4.45. The van der Waals surface area contributed by atoms with Crippen LogP contribution in [0.15, 0.2) is 92.1 Å². The van der Waals surface area contributed by atoms with E-state index in [-0.39, 0.29) is 79.7 Å². The van der Waals surface area contributed by atoms with Crippen LogP contribution in [0, 0.1) is 10.1 Å². The van der Waals surface area contributed by atoms with Crippen molar-refractivity contribution in [2.75, 3.05) is 11.5 Å². The fraction of sp³-hybridized carbons (Fsp3) is 0. The molecule has 4 aromatic carbocycles. The predicted molar refractivity (Wildman–Crippen MR) is 138 cm³/mol. The van der Waals surface area contributed by atoms with Gasteiger partial charge in [0, 0.05) is 52.5 Å². The van der Waals surface area contributed by atoms with E-state index in [0.29, 0.717) is 11.1 Å². The maximum Gasteiger partial charge on any atom is 0.295 e. The summed E-state index contributed by atoms with van der Waals surface area (Å²) in [5.41, 5.74) is 12.4. The van der Waals surface area contributed by atoms with Crippen molar-refractivity contribution in [2.45, 2.75) is 4.90 Å². The van der Waals surface area contributed by atoms with Crippen LogP contribution in [0.25, 0.3) is 10.8 Å². The number of phenols is 1. The first-order chi connectivity index (χ1) is 17.0. The van der Waals surface area contributed by atoms with Crippen LogP contribution in [0.1, 0.15) is 0 Å². The molecule has 0 aliphatic heterocycles. The number of anilines is 2. The van der Waals surface area contributed by atoms with Crippen LogP contribution in [-0.2, 0) is 10.1 Å². The van der Waals surface area contributed by atoms with E-state index in [4.69, 9.17) is 11.5 Å². The zero-order valence-corrected chi connectivity index (χ0v) is 22.0. The molecule has 0 spiro atoms. The number of nitrogen functional groups attached to an aromatic ring is 2. The van der Waals surface area contributed by atoms with Gasteiger partial charge in [-0.15, -0.1) is 20.5 Å². The van der Waals surface area contributed by atoms with Gasteiger partial charge in [-0.25, -0.2) is 0 Å². The number of rotatable bonds is 6. The third kappa shape index (κ3) is 6.07. The molecule has 0 heterocycles. The van der Waals surface area contributed by atoms with Crippen molar-refractivity contribution >= 4 is 90.3 Å². The van der Waals surface area contributed by atoms with E-state index in [2.05, 4.69) is 20.5 Å². The van der Waals surface area contributed by atoms with Gasteiger partial charge in [0.2, 0.25) is 0 Å². The minimum absolute atomic E-state index is 0. The molecule has 13 nitrogen and oxygen atoms in total. The summed E-state index contributed by atoms with van der Waals surface area (Å²) in [5.74, 6) is -0.321. The Morgan fingerprint density at radius 2 is 1.32 bits per heavy atom. The molecule has 183 valence electrons. The molecule has 0 bridgehead atoms. The predicted octanol–water partition coefficient (Wildman–Crippen LogP) is 5.31. The monoisotopic (exact) mass is 530 g/mol. The first-order valence-corrected chi connectivity index (χ1v) is 11.5. The van der Waals surface area contributed by atoms with Crippen molar-refractivity contribution in [3.63, 3.8) is 0 Å². The Labute approximate surface area is 231 Å². The normalized spacial score (nSPS) is 11.7. The van der Waals surface area contributed by atoms with Crippen LogP contribution < -0.4 is 11.5 Å². The quantitative estimate of drug-likeness (QED) is 0.0637. The Bertz CT molecular complexity index is 1690. The summed E-state index contributed by atoms with van der Waals surface area (Å²) >= 11 is 0. The van der Waals surface area contributed by atoms with Gasteiger partial charge in [0.1, 0.15) is 27.7 Å². The number of nitrogens with zero attached hydrogens (tertiary/aromatic N) is 5. The molecule has 0 aromatic heterocycles. The summed E-state index contributed by atoms with van der Waals surface area (Å²) in [6.07, 6.45) is 0. The number of fused-ring (bicyclic) bond motifs is 1. The van der Waals surface area contributed by atoms with Gasteiger partial charge in [-0.1, -0.05) is 24.3 Å². The molecule has 0 aliphatic carbocycles. The molecule has 0 unspecified atom stereocenters. The standard InChI is InChI=1S/C22H17N7O6S.Na/c23-15-10-16(24)19(27-28-20-9-12(29(31)32)7-8-21(20)30)11-18(15)26-25-17-5-1-4-14-13(17)3-2-6-22(14)36(33,34)35;/h1-11,30H,23-24H2,(H,33,34,35);. The second kappa shape index (κ2) is 11.0. The van der Waals surface area contributed by atoms with Gasteiger partial charge in [-0.2, -0.15) is 8.42 Å². The SMILES string of the molecule is Nc1cc(N)c(N=Nc2cccc3c(S(=O)(=O)O)cccc23)cc1N=Nc1cc([N+](=O)[O-])ccc1O.[Na]. The summed E-state index contributed by atoms with van der Waals surface area (Å²) in [6, 6.07) is 15.1. The van der Waals surface area contributed by atoms with Crippen LogP contribution >= 0.6 is 0 Å². The van der Waals surface area contributed by atoms with Crippen LogP contribution in [0.3, 0.4) is 0 Å². The zero-order chi connectivity index (χ0) is 26.0. The van der Waals surface area contributed by atoms with E-state index < -0.39 is 15.0 Å². The molecule has 0 saturated carbocycles. The van der Waals surface area contributed by atoms with Gasteiger partial charge in [-0.05, 0) is 30.3 Å². The first kappa shape index (κ1) is 27.6. The Morgan fingerprint density at radius 1 is 0.757 bits per heavy atom. The molecule has 0 amide bonds. The molecule has 0 atom stereocenters. The molecular formula is C22H17N7NaO6S. The molecule has 15 heteroatoms. The fourth-order valence-electron chi connectivity index (χ4n) is 3.28. The number of phenolic OH excluding ortho intramolecular Hbond substituents is 1. The van der Waals surface area contributed by atoms with Gasteiger partial charge in [0.25, 0.3) is 15.8 Å². The average molecular weight is 530 g/mol. The summed E-state index contributed by atoms with van der Waals surface area (Å²) in [5, 5.41) is 37.6. The number of aromatic hydroxyl groups is 1. The first-order valence-electron chi connectivity index (χ1n) is 10.0. The maximum atomic E-state index is 11.7. The zero-order valence-electron chi connectivity index (χ0n) is 19.2. The van der Waals surface area contributed by atoms with Gasteiger partial charge in [0.05, 0.1) is 22.0 Å². The Balaban J connectivity index is 0.00000380. The van der Waals surface area contributed by atoms with E-state index in [1.165, 1.54) is 30.3 Å². The second-order valence-electron chi connectivity index (χ2n) is 7.40. The summed E-state index contributed by atoms with van der Waals surface area (Å²) in [6.45, 7) is 0. The largest absolute Gasteiger partial charge is 0.506 e. The van der Waals surface area contributed by atoms with Crippen molar-refractivity contribution in [1.82, 2.24) is 0 Å². The number of nitrogens with two attached hydrogens (primary N) is 2. The van der Waals surface area contributed by atoms with Gasteiger partial charge in [-0.3, -0.25) is 14.7 Å².